The van der Waals surface area contributed by atoms with Crippen LogP contribution in [0.1, 0.15) is 30.9 Å². The Morgan fingerprint density at radius 2 is 1.67 bits per heavy atom. The third kappa shape index (κ3) is 2.37. The summed E-state index contributed by atoms with van der Waals surface area (Å²) in [4.78, 5) is 0. The van der Waals surface area contributed by atoms with Crippen LogP contribution in [0.5, 0.6) is 0 Å². The van der Waals surface area contributed by atoms with E-state index in [1.54, 1.807) is 16.0 Å². The molecule has 1 aromatic carbocycles. The van der Waals surface area contributed by atoms with Crippen molar-refractivity contribution in [3.8, 4) is 0 Å². The van der Waals surface area contributed by atoms with Crippen molar-refractivity contribution in [3.05, 3.63) is 52.2 Å². The van der Waals surface area contributed by atoms with Crippen molar-refractivity contribution in [2.45, 2.75) is 46.7 Å². The first-order valence-electron chi connectivity index (χ1n) is 6.93. The summed E-state index contributed by atoms with van der Waals surface area (Å²) in [5, 5.41) is 3.32. The monoisotopic (exact) mass is 256 g/mol. The van der Waals surface area contributed by atoms with Crippen molar-refractivity contribution in [1.82, 2.24) is 0 Å². The summed E-state index contributed by atoms with van der Waals surface area (Å²) >= 11 is 0. The highest BCUT2D eigenvalue weighted by atomic mass is 28.3. The van der Waals surface area contributed by atoms with E-state index in [1.807, 2.05) is 0 Å². The minimum atomic E-state index is -1.48. The zero-order valence-corrected chi connectivity index (χ0v) is 13.3. The van der Waals surface area contributed by atoms with Crippen molar-refractivity contribution < 1.29 is 0 Å². The van der Waals surface area contributed by atoms with Crippen LogP contribution in [0.4, 0.5) is 0 Å². The van der Waals surface area contributed by atoms with E-state index in [-0.39, 0.29) is 0 Å². The Labute approximate surface area is 112 Å². The van der Waals surface area contributed by atoms with Gasteiger partial charge in [-0.25, -0.2) is 0 Å². The van der Waals surface area contributed by atoms with E-state index in [0.29, 0.717) is 0 Å². The van der Waals surface area contributed by atoms with Crippen LogP contribution in [-0.4, -0.2) is 8.07 Å². The van der Waals surface area contributed by atoms with Crippen LogP contribution >= 0.6 is 0 Å². The summed E-state index contributed by atoms with van der Waals surface area (Å²) < 4.78 is 0. The van der Waals surface area contributed by atoms with Crippen molar-refractivity contribution in [2.75, 3.05) is 0 Å². The maximum absolute atomic E-state index is 2.50. The maximum Gasteiger partial charge on any atom is 0.108 e. The van der Waals surface area contributed by atoms with E-state index in [0.717, 1.165) is 0 Å². The Morgan fingerprint density at radius 3 is 2.22 bits per heavy atom. The largest absolute Gasteiger partial charge is 0.108 e. The molecule has 0 bridgehead atoms. The van der Waals surface area contributed by atoms with E-state index in [2.05, 4.69) is 64.2 Å². The van der Waals surface area contributed by atoms with E-state index in [4.69, 9.17) is 0 Å². The van der Waals surface area contributed by atoms with E-state index >= 15 is 0 Å². The minimum Gasteiger partial charge on any atom is -0.0806 e. The van der Waals surface area contributed by atoms with Crippen molar-refractivity contribution in [2.24, 2.45) is 0 Å². The Morgan fingerprint density at radius 1 is 1.06 bits per heavy atom. The molecular weight excluding hydrogens is 232 g/mol. The average molecular weight is 256 g/mol. The third-order valence-corrected chi connectivity index (χ3v) is 7.87. The van der Waals surface area contributed by atoms with Gasteiger partial charge in [-0.1, -0.05) is 77.5 Å². The molecule has 0 nitrogen and oxygen atoms in total. The van der Waals surface area contributed by atoms with Crippen LogP contribution in [0, 0.1) is 13.8 Å². The second-order valence-corrected chi connectivity index (χ2v) is 10.4. The molecule has 1 aromatic rings. The summed E-state index contributed by atoms with van der Waals surface area (Å²) in [6.07, 6.45) is 7.03. The van der Waals surface area contributed by atoms with Crippen LogP contribution in [0.2, 0.25) is 13.1 Å². The van der Waals surface area contributed by atoms with Gasteiger partial charge < -0.3 is 0 Å². The summed E-state index contributed by atoms with van der Waals surface area (Å²) in [7, 11) is -1.48. The summed E-state index contributed by atoms with van der Waals surface area (Å²) in [5.74, 6) is 0. The first-order valence-corrected chi connectivity index (χ1v) is 9.93. The molecule has 0 N–H and O–H groups in total. The van der Waals surface area contributed by atoms with Gasteiger partial charge in [0.25, 0.3) is 0 Å². The van der Waals surface area contributed by atoms with Gasteiger partial charge in [-0.2, -0.15) is 0 Å². The molecule has 0 radical (unpaired) electrons. The second-order valence-electron chi connectivity index (χ2n) is 5.97. The number of benzene rings is 1. The Hall–Kier alpha value is -1.08. The first kappa shape index (κ1) is 13.4. The van der Waals surface area contributed by atoms with E-state index in [1.165, 1.54) is 24.0 Å². The van der Waals surface area contributed by atoms with Gasteiger partial charge in [0.15, 0.2) is 0 Å². The van der Waals surface area contributed by atoms with Gasteiger partial charge in [-0.3, -0.25) is 0 Å². The predicted octanol–water partition coefficient (Wildman–Crippen LogP) is 4.42. The second kappa shape index (κ2) is 4.89. The molecule has 0 saturated heterocycles. The van der Waals surface area contributed by atoms with Gasteiger partial charge in [-0.05, 0) is 26.7 Å². The highest BCUT2D eigenvalue weighted by Crippen LogP contribution is 2.30. The molecule has 1 heteroatoms. The number of aryl methyl sites for hydroxylation is 2. The Balaban J connectivity index is 2.48. The van der Waals surface area contributed by atoms with Gasteiger partial charge in [0, 0.05) is 0 Å². The quantitative estimate of drug-likeness (QED) is 0.702. The highest BCUT2D eigenvalue weighted by molar-refractivity contribution is 6.95. The lowest BCUT2D eigenvalue weighted by atomic mass is 10.2. The highest BCUT2D eigenvalue weighted by Gasteiger charge is 2.30. The van der Waals surface area contributed by atoms with Crippen molar-refractivity contribution in [3.63, 3.8) is 0 Å². The third-order valence-electron chi connectivity index (χ3n) is 4.11. The molecular formula is C17H24Si. The van der Waals surface area contributed by atoms with Gasteiger partial charge in [0.05, 0.1) is 0 Å². The van der Waals surface area contributed by atoms with Crippen LogP contribution in [0.3, 0.4) is 0 Å². The summed E-state index contributed by atoms with van der Waals surface area (Å²) in [6, 6.07) is 7.08. The smallest absolute Gasteiger partial charge is 0.0806 e. The van der Waals surface area contributed by atoms with Crippen molar-refractivity contribution >= 4 is 13.3 Å². The van der Waals surface area contributed by atoms with Crippen LogP contribution < -0.4 is 5.19 Å². The summed E-state index contributed by atoms with van der Waals surface area (Å²) in [6.45, 7) is 11.7. The first-order chi connectivity index (χ1) is 8.45. The van der Waals surface area contributed by atoms with Crippen molar-refractivity contribution in [1.29, 1.82) is 0 Å². The number of rotatable bonds is 3. The fourth-order valence-corrected chi connectivity index (χ4v) is 6.26. The Bertz CT molecular complexity index is 498. The predicted molar refractivity (Wildman–Crippen MR) is 84.1 cm³/mol. The molecule has 18 heavy (non-hydrogen) atoms. The molecule has 0 saturated carbocycles. The molecule has 0 amide bonds. The lowest BCUT2D eigenvalue weighted by molar-refractivity contribution is 1.13. The van der Waals surface area contributed by atoms with Crippen LogP contribution in [-0.2, 0) is 0 Å². The molecule has 1 aliphatic carbocycles. The molecule has 96 valence electrons. The fraction of sp³-hybridized carbons (Fsp3) is 0.412. The normalized spacial score (nSPS) is 15.6. The van der Waals surface area contributed by atoms with E-state index in [9.17, 15) is 0 Å². The van der Waals surface area contributed by atoms with Crippen LogP contribution in [0.15, 0.2) is 41.1 Å². The standard InChI is InChI=1S/C17H24Si/c1-6-15-8-7-9-17(15)18(4,5)16-11-13(2)10-14(3)12-16/h7-8,10-12H,6,9H2,1-5H3. The number of hydrogen-bond donors (Lipinski definition) is 0. The average Bonchev–Trinajstić information content (AvgIpc) is 2.76. The minimum absolute atomic E-state index is 1.17. The number of hydrogen-bond acceptors (Lipinski definition) is 0. The molecule has 2 rings (SSSR count). The molecule has 0 fully saturated rings. The number of allylic oxidation sites excluding steroid dienone is 4. The molecule has 0 unspecified atom stereocenters. The topological polar surface area (TPSA) is 0 Å². The molecule has 0 aliphatic heterocycles. The SMILES string of the molecule is CCC1=C([Si](C)(C)c2cc(C)cc(C)c2)CC=C1. The van der Waals surface area contributed by atoms with Gasteiger partial charge in [0.2, 0.25) is 0 Å². The van der Waals surface area contributed by atoms with Gasteiger partial charge in [0.1, 0.15) is 8.07 Å². The molecule has 1 aliphatic rings. The van der Waals surface area contributed by atoms with E-state index < -0.39 is 8.07 Å². The Kier molecular flexibility index (Phi) is 3.63. The van der Waals surface area contributed by atoms with Gasteiger partial charge >= 0.3 is 0 Å². The zero-order valence-electron chi connectivity index (χ0n) is 12.3. The maximum atomic E-state index is 2.50. The molecule has 0 heterocycles. The summed E-state index contributed by atoms with van der Waals surface area (Å²) in [5.41, 5.74) is 4.39. The van der Waals surface area contributed by atoms with Crippen LogP contribution in [0.25, 0.3) is 0 Å². The lowest BCUT2D eigenvalue weighted by Crippen LogP contribution is -2.44. The fourth-order valence-electron chi connectivity index (χ4n) is 3.05. The zero-order chi connectivity index (χ0) is 13.3. The van der Waals surface area contributed by atoms with Gasteiger partial charge in [-0.15, -0.1) is 0 Å². The molecule has 0 aromatic heterocycles. The molecule has 0 spiro atoms. The lowest BCUT2D eigenvalue weighted by Gasteiger charge is -2.27. The molecule has 0 atom stereocenters.